The summed E-state index contributed by atoms with van der Waals surface area (Å²) in [4.78, 5) is 10.5. The van der Waals surface area contributed by atoms with Crippen LogP contribution in [0.5, 0.6) is 0 Å². The van der Waals surface area contributed by atoms with Crippen LogP contribution in [0.3, 0.4) is 0 Å². The lowest BCUT2D eigenvalue weighted by Gasteiger charge is -2.42. The summed E-state index contributed by atoms with van der Waals surface area (Å²) in [5.41, 5.74) is 3.27. The molecule has 1 aromatic carbocycles. The number of rotatable bonds is 3. The van der Waals surface area contributed by atoms with Gasteiger partial charge in [-0.3, -0.25) is 9.88 Å². The maximum absolute atomic E-state index is 14.6. The molecule has 1 N–H and O–H groups in total. The Bertz CT molecular complexity index is 927. The van der Waals surface area contributed by atoms with Gasteiger partial charge in [0.05, 0.1) is 11.7 Å². The molecule has 1 aliphatic rings. The van der Waals surface area contributed by atoms with Gasteiger partial charge in [0.2, 0.25) is 0 Å². The van der Waals surface area contributed by atoms with E-state index in [1.165, 1.54) is 10.9 Å². The first-order valence-electron chi connectivity index (χ1n) is 8.99. The highest BCUT2D eigenvalue weighted by atomic mass is 79.9. The van der Waals surface area contributed by atoms with Crippen LogP contribution in [0.25, 0.3) is 10.9 Å². The lowest BCUT2D eigenvalue weighted by atomic mass is 9.89. The van der Waals surface area contributed by atoms with Crippen LogP contribution < -0.4 is 0 Å². The third-order valence-electron chi connectivity index (χ3n) is 5.11. The summed E-state index contributed by atoms with van der Waals surface area (Å²) < 4.78 is 15.5. The van der Waals surface area contributed by atoms with Crippen LogP contribution in [-0.2, 0) is 6.42 Å². The molecule has 1 aliphatic heterocycles. The molecule has 2 atom stereocenters. The quantitative estimate of drug-likeness (QED) is 0.619. The molecule has 0 saturated heterocycles. The Kier molecular flexibility index (Phi) is 4.40. The topological polar surface area (TPSA) is 31.9 Å². The van der Waals surface area contributed by atoms with Crippen molar-refractivity contribution in [2.75, 3.05) is 6.54 Å². The molecule has 0 amide bonds. The summed E-state index contributed by atoms with van der Waals surface area (Å²) in [6.45, 7) is 5.84. The van der Waals surface area contributed by atoms with Gasteiger partial charge in [-0.25, -0.2) is 4.39 Å². The number of benzene rings is 1. The molecule has 0 unspecified atom stereocenters. The van der Waals surface area contributed by atoms with Crippen molar-refractivity contribution in [2.24, 2.45) is 0 Å². The largest absolute Gasteiger partial charge is 0.357 e. The molecule has 3 heterocycles. The van der Waals surface area contributed by atoms with E-state index < -0.39 is 5.67 Å². The highest BCUT2D eigenvalue weighted by molar-refractivity contribution is 9.10. The van der Waals surface area contributed by atoms with E-state index in [4.69, 9.17) is 0 Å². The lowest BCUT2D eigenvalue weighted by Crippen LogP contribution is -2.48. The monoisotopic (exact) mass is 415 g/mol. The van der Waals surface area contributed by atoms with Gasteiger partial charge in [-0.2, -0.15) is 0 Å². The number of nitrogens with zero attached hydrogens (tertiary/aromatic N) is 2. The van der Waals surface area contributed by atoms with Crippen LogP contribution in [0.2, 0.25) is 0 Å². The number of aromatic nitrogens is 2. The molecule has 0 fully saturated rings. The Hall–Kier alpha value is -1.72. The van der Waals surface area contributed by atoms with Crippen molar-refractivity contribution < 1.29 is 4.39 Å². The number of nitrogens with one attached hydrogen (secondary N) is 1. The lowest BCUT2D eigenvalue weighted by molar-refractivity contribution is 0.0654. The van der Waals surface area contributed by atoms with Gasteiger partial charge in [0.1, 0.15) is 5.67 Å². The Labute approximate surface area is 161 Å². The van der Waals surface area contributed by atoms with Gasteiger partial charge >= 0.3 is 0 Å². The van der Waals surface area contributed by atoms with Crippen LogP contribution in [0.4, 0.5) is 4.39 Å². The highest BCUT2D eigenvalue weighted by Gasteiger charge is 2.38. The average Bonchev–Trinajstić information content (AvgIpc) is 2.94. The Morgan fingerprint density at radius 1 is 1.27 bits per heavy atom. The molecular weight excluding hydrogens is 393 g/mol. The number of fused-ring (bicyclic) bond motifs is 3. The van der Waals surface area contributed by atoms with E-state index in [0.29, 0.717) is 6.54 Å². The fourth-order valence-electron chi connectivity index (χ4n) is 4.06. The van der Waals surface area contributed by atoms with Crippen molar-refractivity contribution in [2.45, 2.75) is 44.9 Å². The maximum atomic E-state index is 14.6. The second-order valence-electron chi connectivity index (χ2n) is 7.81. The SMILES string of the molecule is C[C@@H]1Cc2c([nH]c3ccccc23)[C@@H](c2ccc(Br)cn2)N1CC(C)(C)F. The molecule has 2 aromatic heterocycles. The van der Waals surface area contributed by atoms with Crippen LogP contribution in [-0.4, -0.2) is 33.1 Å². The summed E-state index contributed by atoms with van der Waals surface area (Å²) in [6, 6.07) is 12.6. The first-order chi connectivity index (χ1) is 12.3. The number of H-pyrrole nitrogens is 1. The number of aromatic amines is 1. The third kappa shape index (κ3) is 3.19. The predicted octanol–water partition coefficient (Wildman–Crippen LogP) is 5.41. The predicted molar refractivity (Wildman–Crippen MR) is 107 cm³/mol. The molecule has 4 rings (SSSR count). The van der Waals surface area contributed by atoms with Crippen LogP contribution in [0.15, 0.2) is 47.1 Å². The van der Waals surface area contributed by atoms with Crippen molar-refractivity contribution in [3.8, 4) is 0 Å². The fraction of sp³-hybridized carbons (Fsp3) is 0.381. The molecule has 0 aliphatic carbocycles. The fourth-order valence-corrected chi connectivity index (χ4v) is 4.29. The van der Waals surface area contributed by atoms with E-state index in [2.05, 4.69) is 55.9 Å². The Morgan fingerprint density at radius 3 is 2.73 bits per heavy atom. The number of para-hydroxylation sites is 1. The van der Waals surface area contributed by atoms with Gasteiger partial charge in [-0.05, 0) is 66.9 Å². The minimum absolute atomic E-state index is 0.0794. The molecule has 0 radical (unpaired) electrons. The van der Waals surface area contributed by atoms with E-state index in [1.807, 2.05) is 24.4 Å². The van der Waals surface area contributed by atoms with Gasteiger partial charge in [-0.15, -0.1) is 0 Å². The minimum Gasteiger partial charge on any atom is -0.357 e. The molecular formula is C21H23BrFN3. The molecule has 0 saturated carbocycles. The smallest absolute Gasteiger partial charge is 0.118 e. The van der Waals surface area contributed by atoms with Crippen LogP contribution >= 0.6 is 15.9 Å². The first-order valence-corrected chi connectivity index (χ1v) is 9.78. The normalized spacial score (nSPS) is 21.1. The van der Waals surface area contributed by atoms with Crippen molar-refractivity contribution in [1.29, 1.82) is 0 Å². The van der Waals surface area contributed by atoms with Gasteiger partial charge in [0, 0.05) is 39.9 Å². The van der Waals surface area contributed by atoms with Crippen LogP contribution in [0.1, 0.15) is 43.8 Å². The second kappa shape index (κ2) is 6.46. The van der Waals surface area contributed by atoms with E-state index in [1.54, 1.807) is 13.8 Å². The van der Waals surface area contributed by atoms with Crippen LogP contribution in [0, 0.1) is 0 Å². The van der Waals surface area contributed by atoms with Gasteiger partial charge in [0.15, 0.2) is 0 Å². The molecule has 0 bridgehead atoms. The zero-order chi connectivity index (χ0) is 18.5. The summed E-state index contributed by atoms with van der Waals surface area (Å²) in [7, 11) is 0. The maximum Gasteiger partial charge on any atom is 0.118 e. The standard InChI is InChI=1S/C21H23BrFN3/c1-13-10-16-15-6-4-5-7-17(15)25-19(16)20(26(13)12-21(2,3)23)18-9-8-14(22)11-24-18/h4-9,11,13,20,25H,10,12H2,1-3H3/t13-,20-/m1/s1. The van der Waals surface area contributed by atoms with Crippen molar-refractivity contribution in [3.05, 3.63) is 64.0 Å². The third-order valence-corrected chi connectivity index (χ3v) is 5.58. The average molecular weight is 416 g/mol. The van der Waals surface area contributed by atoms with Gasteiger partial charge in [-0.1, -0.05) is 18.2 Å². The second-order valence-corrected chi connectivity index (χ2v) is 8.73. The van der Waals surface area contributed by atoms with Crippen molar-refractivity contribution >= 4 is 26.8 Å². The van der Waals surface area contributed by atoms with Gasteiger partial charge in [0.25, 0.3) is 0 Å². The summed E-state index contributed by atoms with van der Waals surface area (Å²) >= 11 is 3.46. The summed E-state index contributed by atoms with van der Waals surface area (Å²) in [6.07, 6.45) is 2.72. The minimum atomic E-state index is -1.27. The summed E-state index contributed by atoms with van der Waals surface area (Å²) in [5, 5.41) is 1.26. The molecule has 3 aromatic rings. The molecule has 136 valence electrons. The van der Waals surface area contributed by atoms with Crippen molar-refractivity contribution in [3.63, 3.8) is 0 Å². The van der Waals surface area contributed by atoms with E-state index in [9.17, 15) is 4.39 Å². The first kappa shape index (κ1) is 17.7. The number of alkyl halides is 1. The zero-order valence-electron chi connectivity index (χ0n) is 15.3. The summed E-state index contributed by atoms with van der Waals surface area (Å²) in [5.74, 6) is 0. The van der Waals surface area contributed by atoms with E-state index >= 15 is 0 Å². The Morgan fingerprint density at radius 2 is 2.04 bits per heavy atom. The van der Waals surface area contributed by atoms with E-state index in [0.717, 1.165) is 27.8 Å². The number of hydrogen-bond donors (Lipinski definition) is 1. The number of hydrogen-bond acceptors (Lipinski definition) is 2. The number of pyridine rings is 1. The molecule has 0 spiro atoms. The molecule has 3 nitrogen and oxygen atoms in total. The Balaban J connectivity index is 1.90. The van der Waals surface area contributed by atoms with Crippen molar-refractivity contribution in [1.82, 2.24) is 14.9 Å². The van der Waals surface area contributed by atoms with Gasteiger partial charge < -0.3 is 4.98 Å². The van der Waals surface area contributed by atoms with E-state index in [-0.39, 0.29) is 12.1 Å². The highest BCUT2D eigenvalue weighted by Crippen LogP contribution is 2.41. The number of halogens is 2. The molecule has 26 heavy (non-hydrogen) atoms. The zero-order valence-corrected chi connectivity index (χ0v) is 16.8. The molecule has 5 heteroatoms.